The van der Waals surface area contributed by atoms with E-state index in [4.69, 9.17) is 4.74 Å². The second-order valence-corrected chi connectivity index (χ2v) is 10.9. The second-order valence-electron chi connectivity index (χ2n) is 8.95. The highest BCUT2D eigenvalue weighted by atomic mass is 32.2. The van der Waals surface area contributed by atoms with Gasteiger partial charge in [-0.2, -0.15) is 17.4 Å². The number of nitrogens with zero attached hydrogens (tertiary/aromatic N) is 4. The van der Waals surface area contributed by atoms with Crippen LogP contribution < -0.4 is 14.4 Å². The number of aromatic nitrogens is 1. The van der Waals surface area contributed by atoms with Gasteiger partial charge in [0, 0.05) is 64.5 Å². The average Bonchev–Trinajstić information content (AvgIpc) is 3.22. The predicted molar refractivity (Wildman–Crippen MR) is 118 cm³/mol. The monoisotopic (exact) mass is 437 g/mol. The van der Waals surface area contributed by atoms with Gasteiger partial charge < -0.3 is 9.64 Å². The van der Waals surface area contributed by atoms with Gasteiger partial charge in [0.1, 0.15) is 11.6 Å². The molecule has 1 aromatic rings. The van der Waals surface area contributed by atoms with E-state index in [0.717, 1.165) is 83.0 Å². The fourth-order valence-corrected chi connectivity index (χ4v) is 5.67. The summed E-state index contributed by atoms with van der Waals surface area (Å²) in [5.74, 6) is 2.83. The third kappa shape index (κ3) is 5.07. The number of hydrogen-bond donors (Lipinski definition) is 1. The van der Waals surface area contributed by atoms with Gasteiger partial charge >= 0.3 is 0 Å². The van der Waals surface area contributed by atoms with Crippen LogP contribution in [0, 0.1) is 5.92 Å². The first-order valence-electron chi connectivity index (χ1n) is 11.2. The minimum atomic E-state index is -3.32. The Bertz CT molecular complexity index is 816. The zero-order valence-electron chi connectivity index (χ0n) is 18.2. The molecule has 0 unspecified atom stereocenters. The zero-order chi connectivity index (χ0) is 21.1. The Morgan fingerprint density at radius 3 is 2.60 bits per heavy atom. The van der Waals surface area contributed by atoms with E-state index in [1.807, 2.05) is 12.3 Å². The van der Waals surface area contributed by atoms with E-state index < -0.39 is 10.2 Å². The molecule has 2 aliphatic heterocycles. The summed E-state index contributed by atoms with van der Waals surface area (Å²) in [6, 6.07) is 2.06. The number of piperazine rings is 1. The van der Waals surface area contributed by atoms with Crippen molar-refractivity contribution in [1.29, 1.82) is 0 Å². The lowest BCUT2D eigenvalue weighted by molar-refractivity contribution is 0.214. The van der Waals surface area contributed by atoms with Crippen LogP contribution in [0.3, 0.4) is 0 Å². The first-order valence-corrected chi connectivity index (χ1v) is 12.6. The quantitative estimate of drug-likeness (QED) is 0.696. The van der Waals surface area contributed by atoms with E-state index in [9.17, 15) is 8.42 Å². The number of fused-ring (bicyclic) bond motifs is 1. The van der Waals surface area contributed by atoms with Crippen LogP contribution in [0.4, 0.5) is 5.82 Å². The van der Waals surface area contributed by atoms with Gasteiger partial charge in [-0.3, -0.25) is 4.90 Å². The Balaban J connectivity index is 1.18. The van der Waals surface area contributed by atoms with Crippen LogP contribution in [0.2, 0.25) is 0 Å². The SMILES string of the molecule is CN(C)S(=O)(=O)N[C@H]1CC[C@H](CCN2CCN(c3nccc4c3CCO4)CC2)CC1. The molecule has 1 saturated heterocycles. The van der Waals surface area contributed by atoms with Crippen molar-refractivity contribution in [2.45, 2.75) is 44.6 Å². The molecule has 0 bridgehead atoms. The number of pyridine rings is 1. The molecule has 1 saturated carbocycles. The van der Waals surface area contributed by atoms with Crippen molar-refractivity contribution in [3.63, 3.8) is 0 Å². The van der Waals surface area contributed by atoms with E-state index in [-0.39, 0.29) is 6.04 Å². The highest BCUT2D eigenvalue weighted by Crippen LogP contribution is 2.32. The van der Waals surface area contributed by atoms with Crippen molar-refractivity contribution in [3.8, 4) is 5.75 Å². The van der Waals surface area contributed by atoms with Crippen molar-refractivity contribution in [2.75, 3.05) is 58.3 Å². The van der Waals surface area contributed by atoms with Crippen LogP contribution in [-0.4, -0.2) is 82.1 Å². The summed E-state index contributed by atoms with van der Waals surface area (Å²) in [5.41, 5.74) is 1.27. The number of nitrogens with one attached hydrogen (secondary N) is 1. The molecule has 1 aliphatic carbocycles. The lowest BCUT2D eigenvalue weighted by Crippen LogP contribution is -2.47. The molecule has 30 heavy (non-hydrogen) atoms. The minimum absolute atomic E-state index is 0.0845. The van der Waals surface area contributed by atoms with Crippen molar-refractivity contribution < 1.29 is 13.2 Å². The molecule has 0 spiro atoms. The molecule has 0 amide bonds. The van der Waals surface area contributed by atoms with Crippen molar-refractivity contribution in [3.05, 3.63) is 17.8 Å². The molecular formula is C21H35N5O3S. The highest BCUT2D eigenvalue weighted by molar-refractivity contribution is 7.87. The second kappa shape index (κ2) is 9.38. The molecule has 1 aromatic heterocycles. The molecule has 4 rings (SSSR count). The van der Waals surface area contributed by atoms with Crippen LogP contribution in [0.25, 0.3) is 0 Å². The molecule has 0 atom stereocenters. The lowest BCUT2D eigenvalue weighted by Gasteiger charge is -2.37. The van der Waals surface area contributed by atoms with Gasteiger partial charge in [0.25, 0.3) is 10.2 Å². The average molecular weight is 438 g/mol. The van der Waals surface area contributed by atoms with Crippen molar-refractivity contribution in [1.82, 2.24) is 18.9 Å². The van der Waals surface area contributed by atoms with Crippen LogP contribution >= 0.6 is 0 Å². The van der Waals surface area contributed by atoms with Crippen LogP contribution in [0.5, 0.6) is 5.75 Å². The van der Waals surface area contributed by atoms with Gasteiger partial charge in [-0.25, -0.2) is 4.98 Å². The molecule has 3 aliphatic rings. The van der Waals surface area contributed by atoms with Gasteiger partial charge in [-0.1, -0.05) is 0 Å². The standard InChI is InChI=1S/C21H35N5O3S/c1-24(2)30(27,28)23-18-5-3-17(4-6-18)8-11-25-12-14-26(15-13-25)21-19-9-16-29-20(19)7-10-22-21/h7,10,17-18,23H,3-6,8-9,11-16H2,1-2H3/t17-,18-. The summed E-state index contributed by atoms with van der Waals surface area (Å²) in [6.45, 7) is 6.09. The van der Waals surface area contributed by atoms with Crippen molar-refractivity contribution >= 4 is 16.0 Å². The van der Waals surface area contributed by atoms with Crippen LogP contribution in [-0.2, 0) is 16.6 Å². The first kappa shape index (κ1) is 21.8. The third-order valence-corrected chi connectivity index (χ3v) is 8.36. The summed E-state index contributed by atoms with van der Waals surface area (Å²) >= 11 is 0. The van der Waals surface area contributed by atoms with E-state index >= 15 is 0 Å². The van der Waals surface area contributed by atoms with Gasteiger partial charge in [0.2, 0.25) is 0 Å². The van der Waals surface area contributed by atoms with E-state index in [2.05, 4.69) is 19.5 Å². The molecular weight excluding hydrogens is 402 g/mol. The number of hydrogen-bond acceptors (Lipinski definition) is 6. The summed E-state index contributed by atoms with van der Waals surface area (Å²) in [6.07, 6.45) is 8.14. The predicted octanol–water partition coefficient (Wildman–Crippen LogP) is 1.48. The minimum Gasteiger partial charge on any atom is -0.493 e. The normalized spacial score (nSPS) is 25.4. The maximum atomic E-state index is 12.0. The molecule has 0 radical (unpaired) electrons. The molecule has 9 heteroatoms. The van der Waals surface area contributed by atoms with E-state index in [0.29, 0.717) is 5.92 Å². The number of anilines is 1. The highest BCUT2D eigenvalue weighted by Gasteiger charge is 2.27. The zero-order valence-corrected chi connectivity index (χ0v) is 19.0. The largest absolute Gasteiger partial charge is 0.493 e. The van der Waals surface area contributed by atoms with Gasteiger partial charge in [-0.05, 0) is 50.6 Å². The van der Waals surface area contributed by atoms with E-state index in [1.54, 1.807) is 14.1 Å². The molecule has 0 aromatic carbocycles. The van der Waals surface area contributed by atoms with Crippen LogP contribution in [0.1, 0.15) is 37.7 Å². The Morgan fingerprint density at radius 2 is 1.90 bits per heavy atom. The summed E-state index contributed by atoms with van der Waals surface area (Å²) in [4.78, 5) is 9.61. The summed E-state index contributed by atoms with van der Waals surface area (Å²) < 4.78 is 33.8. The fourth-order valence-electron chi connectivity index (χ4n) is 4.80. The molecule has 3 heterocycles. The fraction of sp³-hybridized carbons (Fsp3) is 0.762. The molecule has 168 valence electrons. The summed E-state index contributed by atoms with van der Waals surface area (Å²) in [5, 5.41) is 0. The van der Waals surface area contributed by atoms with Gasteiger partial charge in [0.05, 0.1) is 6.61 Å². The maximum absolute atomic E-state index is 12.0. The van der Waals surface area contributed by atoms with Gasteiger partial charge in [-0.15, -0.1) is 0 Å². The van der Waals surface area contributed by atoms with Crippen molar-refractivity contribution in [2.24, 2.45) is 5.92 Å². The topological polar surface area (TPSA) is 78.0 Å². The third-order valence-electron chi connectivity index (χ3n) is 6.77. The lowest BCUT2D eigenvalue weighted by atomic mass is 9.84. The smallest absolute Gasteiger partial charge is 0.279 e. The Morgan fingerprint density at radius 1 is 1.17 bits per heavy atom. The molecule has 2 fully saturated rings. The number of ether oxygens (including phenoxy) is 1. The van der Waals surface area contributed by atoms with Gasteiger partial charge in [0.15, 0.2) is 0 Å². The Hall–Kier alpha value is -1.42. The first-order chi connectivity index (χ1) is 14.4. The Kier molecular flexibility index (Phi) is 6.81. The number of rotatable bonds is 7. The molecule has 1 N–H and O–H groups in total. The molecule has 8 nitrogen and oxygen atoms in total. The summed E-state index contributed by atoms with van der Waals surface area (Å²) in [7, 11) is -0.175. The van der Waals surface area contributed by atoms with E-state index in [1.165, 1.54) is 16.3 Å². The maximum Gasteiger partial charge on any atom is 0.279 e. The van der Waals surface area contributed by atoms with Crippen LogP contribution in [0.15, 0.2) is 12.3 Å². The Labute approximate surface area is 180 Å².